The third kappa shape index (κ3) is 2.39. The van der Waals surface area contributed by atoms with Gasteiger partial charge in [0.25, 0.3) is 0 Å². The molecule has 1 aliphatic heterocycles. The molecule has 0 aliphatic carbocycles. The molecule has 1 unspecified atom stereocenters. The predicted octanol–water partition coefficient (Wildman–Crippen LogP) is 2.08. The van der Waals surface area contributed by atoms with E-state index >= 15 is 0 Å². The summed E-state index contributed by atoms with van der Waals surface area (Å²) in [5.74, 6) is 0. The van der Waals surface area contributed by atoms with Gasteiger partial charge in [0.1, 0.15) is 6.23 Å². The molecule has 0 N–H and O–H groups in total. The van der Waals surface area contributed by atoms with Gasteiger partial charge in [0.15, 0.2) is 0 Å². The molecule has 0 saturated carbocycles. The highest BCUT2D eigenvalue weighted by Crippen LogP contribution is 2.19. The third-order valence-electron chi connectivity index (χ3n) is 3.10. The fourth-order valence-corrected chi connectivity index (χ4v) is 2.16. The van der Waals surface area contributed by atoms with Crippen LogP contribution in [0.5, 0.6) is 0 Å². The SMILES string of the molecule is CCOC1Cc2ccccc2CCN1C. The minimum atomic E-state index is 0.249. The van der Waals surface area contributed by atoms with Crippen molar-refractivity contribution in [1.29, 1.82) is 0 Å². The van der Waals surface area contributed by atoms with E-state index in [0.29, 0.717) is 0 Å². The van der Waals surface area contributed by atoms with Gasteiger partial charge in [-0.1, -0.05) is 24.3 Å². The molecule has 1 aromatic carbocycles. The van der Waals surface area contributed by atoms with Crippen LogP contribution in [0.2, 0.25) is 0 Å². The molecule has 0 aromatic heterocycles. The first-order valence-electron chi connectivity index (χ1n) is 5.70. The molecule has 15 heavy (non-hydrogen) atoms. The zero-order valence-corrected chi connectivity index (χ0v) is 9.57. The highest BCUT2D eigenvalue weighted by atomic mass is 16.5. The quantitative estimate of drug-likeness (QED) is 0.733. The minimum Gasteiger partial charge on any atom is -0.363 e. The van der Waals surface area contributed by atoms with Gasteiger partial charge in [-0.3, -0.25) is 4.90 Å². The highest BCUT2D eigenvalue weighted by molar-refractivity contribution is 5.28. The Balaban J connectivity index is 2.19. The molecule has 0 bridgehead atoms. The molecular weight excluding hydrogens is 186 g/mol. The van der Waals surface area contributed by atoms with Crippen LogP contribution in [-0.4, -0.2) is 31.3 Å². The van der Waals surface area contributed by atoms with E-state index in [2.05, 4.69) is 43.1 Å². The number of hydrogen-bond acceptors (Lipinski definition) is 2. The van der Waals surface area contributed by atoms with Gasteiger partial charge in [0.2, 0.25) is 0 Å². The number of rotatable bonds is 2. The van der Waals surface area contributed by atoms with Gasteiger partial charge < -0.3 is 4.74 Å². The normalized spacial score (nSPS) is 22.1. The zero-order chi connectivity index (χ0) is 10.7. The molecule has 2 rings (SSSR count). The monoisotopic (exact) mass is 205 g/mol. The van der Waals surface area contributed by atoms with Crippen molar-refractivity contribution in [2.24, 2.45) is 0 Å². The molecule has 2 nitrogen and oxygen atoms in total. The fourth-order valence-electron chi connectivity index (χ4n) is 2.16. The summed E-state index contributed by atoms with van der Waals surface area (Å²) in [5, 5.41) is 0. The first-order valence-corrected chi connectivity index (χ1v) is 5.70. The van der Waals surface area contributed by atoms with E-state index in [9.17, 15) is 0 Å². The Bertz CT molecular complexity index is 324. The van der Waals surface area contributed by atoms with Crippen LogP contribution in [0.4, 0.5) is 0 Å². The molecule has 1 atom stereocenters. The average Bonchev–Trinajstić information content (AvgIpc) is 2.41. The molecule has 1 heterocycles. The Labute approximate surface area is 91.9 Å². The molecule has 1 aromatic rings. The molecule has 0 radical (unpaired) electrons. The predicted molar refractivity (Wildman–Crippen MR) is 61.9 cm³/mol. The Morgan fingerprint density at radius 3 is 2.80 bits per heavy atom. The molecule has 0 fully saturated rings. The smallest absolute Gasteiger partial charge is 0.114 e. The maximum Gasteiger partial charge on any atom is 0.114 e. The molecule has 2 heteroatoms. The second-order valence-corrected chi connectivity index (χ2v) is 4.11. The van der Waals surface area contributed by atoms with E-state index in [-0.39, 0.29) is 6.23 Å². The van der Waals surface area contributed by atoms with Crippen molar-refractivity contribution >= 4 is 0 Å². The Morgan fingerprint density at radius 1 is 1.33 bits per heavy atom. The van der Waals surface area contributed by atoms with E-state index in [1.165, 1.54) is 11.1 Å². The summed E-state index contributed by atoms with van der Waals surface area (Å²) in [6.07, 6.45) is 2.40. The molecule has 1 aliphatic rings. The van der Waals surface area contributed by atoms with E-state index in [0.717, 1.165) is 26.0 Å². The summed E-state index contributed by atoms with van der Waals surface area (Å²) in [7, 11) is 2.15. The largest absolute Gasteiger partial charge is 0.363 e. The van der Waals surface area contributed by atoms with Crippen molar-refractivity contribution in [2.45, 2.75) is 26.0 Å². The van der Waals surface area contributed by atoms with Crippen LogP contribution in [0.1, 0.15) is 18.1 Å². The Kier molecular flexibility index (Phi) is 3.39. The average molecular weight is 205 g/mol. The first kappa shape index (κ1) is 10.7. The van der Waals surface area contributed by atoms with Gasteiger partial charge in [-0.15, -0.1) is 0 Å². The van der Waals surface area contributed by atoms with Crippen LogP contribution in [0.3, 0.4) is 0 Å². The lowest BCUT2D eigenvalue weighted by atomic mass is 10.0. The Hall–Kier alpha value is -0.860. The first-order chi connectivity index (χ1) is 7.31. The number of ether oxygens (including phenoxy) is 1. The maximum absolute atomic E-state index is 5.76. The standard InChI is InChI=1S/C13H19NO/c1-3-15-13-10-12-7-5-4-6-11(12)8-9-14(13)2/h4-7,13H,3,8-10H2,1-2H3. The third-order valence-corrected chi connectivity index (χ3v) is 3.10. The molecule has 82 valence electrons. The summed E-state index contributed by atoms with van der Waals surface area (Å²) in [5.41, 5.74) is 2.92. The maximum atomic E-state index is 5.76. The van der Waals surface area contributed by atoms with Crippen molar-refractivity contribution in [3.8, 4) is 0 Å². The lowest BCUT2D eigenvalue weighted by Gasteiger charge is -2.25. The van der Waals surface area contributed by atoms with Crippen LogP contribution in [-0.2, 0) is 17.6 Å². The van der Waals surface area contributed by atoms with Gasteiger partial charge in [-0.05, 0) is 31.5 Å². The minimum absolute atomic E-state index is 0.249. The topological polar surface area (TPSA) is 12.5 Å². The molecule has 0 saturated heterocycles. The zero-order valence-electron chi connectivity index (χ0n) is 9.57. The number of fused-ring (bicyclic) bond motifs is 1. The number of likely N-dealkylation sites (N-methyl/N-ethyl adjacent to an activating group) is 1. The Morgan fingerprint density at radius 2 is 2.07 bits per heavy atom. The van der Waals surface area contributed by atoms with Crippen molar-refractivity contribution in [3.05, 3.63) is 35.4 Å². The van der Waals surface area contributed by atoms with E-state index in [1.807, 2.05) is 0 Å². The van der Waals surface area contributed by atoms with E-state index in [4.69, 9.17) is 4.74 Å². The fraction of sp³-hybridized carbons (Fsp3) is 0.538. The summed E-state index contributed by atoms with van der Waals surface area (Å²) < 4.78 is 5.76. The van der Waals surface area contributed by atoms with Crippen molar-refractivity contribution in [2.75, 3.05) is 20.2 Å². The number of hydrogen-bond donors (Lipinski definition) is 0. The van der Waals surface area contributed by atoms with Crippen LogP contribution < -0.4 is 0 Å². The molecular formula is C13H19NO. The number of benzene rings is 1. The van der Waals surface area contributed by atoms with Gasteiger partial charge in [-0.25, -0.2) is 0 Å². The van der Waals surface area contributed by atoms with Gasteiger partial charge in [0.05, 0.1) is 0 Å². The summed E-state index contributed by atoms with van der Waals surface area (Å²) in [6, 6.07) is 8.70. The van der Waals surface area contributed by atoms with Gasteiger partial charge >= 0.3 is 0 Å². The highest BCUT2D eigenvalue weighted by Gasteiger charge is 2.20. The van der Waals surface area contributed by atoms with Crippen LogP contribution >= 0.6 is 0 Å². The summed E-state index contributed by atoms with van der Waals surface area (Å²) in [6.45, 7) is 3.93. The lowest BCUT2D eigenvalue weighted by molar-refractivity contribution is -0.0381. The van der Waals surface area contributed by atoms with Gasteiger partial charge in [-0.2, -0.15) is 0 Å². The van der Waals surface area contributed by atoms with Crippen molar-refractivity contribution in [3.63, 3.8) is 0 Å². The van der Waals surface area contributed by atoms with E-state index in [1.54, 1.807) is 0 Å². The van der Waals surface area contributed by atoms with Crippen LogP contribution in [0.15, 0.2) is 24.3 Å². The summed E-state index contributed by atoms with van der Waals surface area (Å²) >= 11 is 0. The van der Waals surface area contributed by atoms with Crippen molar-refractivity contribution < 1.29 is 4.74 Å². The van der Waals surface area contributed by atoms with Gasteiger partial charge in [0, 0.05) is 19.6 Å². The number of nitrogens with zero attached hydrogens (tertiary/aromatic N) is 1. The second-order valence-electron chi connectivity index (χ2n) is 4.11. The summed E-state index contributed by atoms with van der Waals surface area (Å²) in [4.78, 5) is 2.31. The van der Waals surface area contributed by atoms with Crippen LogP contribution in [0.25, 0.3) is 0 Å². The second kappa shape index (κ2) is 4.77. The molecule has 0 amide bonds. The van der Waals surface area contributed by atoms with E-state index < -0.39 is 0 Å². The van der Waals surface area contributed by atoms with Crippen LogP contribution in [0, 0.1) is 0 Å². The van der Waals surface area contributed by atoms with Crippen molar-refractivity contribution in [1.82, 2.24) is 4.90 Å². The molecule has 0 spiro atoms. The lowest BCUT2D eigenvalue weighted by Crippen LogP contribution is -2.35.